The molecular weight excluding hydrogens is 456 g/mol. The molecule has 4 aliphatic carbocycles. The number of anilines is 2. The van der Waals surface area contributed by atoms with E-state index in [-0.39, 0.29) is 47.3 Å². The first-order chi connectivity index (χ1) is 17.3. The zero-order chi connectivity index (χ0) is 25.1. The van der Waals surface area contributed by atoms with E-state index in [9.17, 15) is 19.2 Å². The van der Waals surface area contributed by atoms with Gasteiger partial charge in [-0.3, -0.25) is 14.4 Å². The van der Waals surface area contributed by atoms with E-state index < -0.39 is 5.97 Å². The Kier molecular flexibility index (Phi) is 5.32. The van der Waals surface area contributed by atoms with Gasteiger partial charge in [-0.15, -0.1) is 0 Å². The monoisotopic (exact) mass is 484 g/mol. The van der Waals surface area contributed by atoms with Crippen LogP contribution in [0.1, 0.15) is 41.0 Å². The van der Waals surface area contributed by atoms with Gasteiger partial charge in [0.25, 0.3) is 5.91 Å². The number of nitrogens with zero attached hydrogens (tertiary/aromatic N) is 1. The van der Waals surface area contributed by atoms with Gasteiger partial charge in [0, 0.05) is 11.3 Å². The van der Waals surface area contributed by atoms with Crippen molar-refractivity contribution in [3.05, 3.63) is 71.8 Å². The summed E-state index contributed by atoms with van der Waals surface area (Å²) in [5.74, 6) is 0.0144. The summed E-state index contributed by atoms with van der Waals surface area (Å²) in [5, 5.41) is 2.81. The quantitative estimate of drug-likeness (QED) is 0.375. The molecule has 3 amide bonds. The largest absolute Gasteiger partial charge is 0.462 e. The zero-order valence-corrected chi connectivity index (χ0v) is 20.2. The third-order valence-electron chi connectivity index (χ3n) is 7.96. The normalized spacial score (nSPS) is 29.2. The van der Waals surface area contributed by atoms with E-state index in [4.69, 9.17) is 4.74 Å². The van der Waals surface area contributed by atoms with Crippen molar-refractivity contribution in [2.24, 2.45) is 41.4 Å². The van der Waals surface area contributed by atoms with Crippen LogP contribution >= 0.6 is 0 Å². The molecule has 3 fully saturated rings. The van der Waals surface area contributed by atoms with Crippen molar-refractivity contribution in [2.75, 3.05) is 16.8 Å². The second-order valence-corrected chi connectivity index (χ2v) is 10.7. The lowest BCUT2D eigenvalue weighted by Crippen LogP contribution is -2.40. The Balaban J connectivity index is 1.16. The standard InChI is InChI=1S/C29H28N2O5/c1-15(2)14-36-29(35)16-6-8-18(9-7-16)30-26(32)17-4-3-5-19(12-17)31-27(33)24-20-10-11-21(23-13-22(20)23)25(24)28(31)34/h3-12,15,20-25H,13-14H2,1-2H3,(H,30,32)/t20-,21-,22-,23-,24+,25+/m1/s1. The van der Waals surface area contributed by atoms with E-state index in [1.54, 1.807) is 48.5 Å². The fourth-order valence-electron chi connectivity index (χ4n) is 6.22. The van der Waals surface area contributed by atoms with Crippen LogP contribution in [-0.2, 0) is 14.3 Å². The third kappa shape index (κ3) is 3.65. The van der Waals surface area contributed by atoms with Crippen LogP contribution in [0.5, 0.6) is 0 Å². The first kappa shape index (κ1) is 22.7. The predicted molar refractivity (Wildman–Crippen MR) is 133 cm³/mol. The summed E-state index contributed by atoms with van der Waals surface area (Å²) < 4.78 is 5.23. The molecule has 2 saturated carbocycles. The van der Waals surface area contributed by atoms with Crippen molar-refractivity contribution in [2.45, 2.75) is 20.3 Å². The summed E-state index contributed by atoms with van der Waals surface area (Å²) in [4.78, 5) is 53.1. The number of carbonyl (C=O) groups is 4. The highest BCUT2D eigenvalue weighted by atomic mass is 16.5. The molecule has 1 heterocycles. The zero-order valence-electron chi connectivity index (χ0n) is 20.2. The van der Waals surface area contributed by atoms with Gasteiger partial charge in [-0.25, -0.2) is 9.69 Å². The molecule has 0 radical (unpaired) electrons. The molecule has 1 aliphatic heterocycles. The maximum Gasteiger partial charge on any atom is 0.338 e. The number of amides is 3. The van der Waals surface area contributed by atoms with Crippen molar-refractivity contribution < 1.29 is 23.9 Å². The van der Waals surface area contributed by atoms with Crippen molar-refractivity contribution >= 4 is 35.1 Å². The molecule has 7 nitrogen and oxygen atoms in total. The number of carbonyl (C=O) groups excluding carboxylic acids is 4. The Bertz CT molecular complexity index is 1260. The molecule has 2 aromatic rings. The minimum atomic E-state index is -0.407. The van der Waals surface area contributed by atoms with Gasteiger partial charge in [-0.05, 0) is 78.5 Å². The first-order valence-electron chi connectivity index (χ1n) is 12.6. The summed E-state index contributed by atoms with van der Waals surface area (Å²) in [7, 11) is 0. The highest BCUT2D eigenvalue weighted by Crippen LogP contribution is 2.65. The molecule has 1 saturated heterocycles. The average molecular weight is 485 g/mol. The van der Waals surface area contributed by atoms with Gasteiger partial charge < -0.3 is 10.1 Å². The molecule has 0 spiro atoms. The maximum atomic E-state index is 13.4. The lowest BCUT2D eigenvalue weighted by atomic mass is 9.63. The van der Waals surface area contributed by atoms with Gasteiger partial charge in [0.2, 0.25) is 11.8 Å². The van der Waals surface area contributed by atoms with Crippen LogP contribution < -0.4 is 10.2 Å². The van der Waals surface area contributed by atoms with Gasteiger partial charge in [0.1, 0.15) is 0 Å². The molecular formula is C29H28N2O5. The van der Waals surface area contributed by atoms with Crippen LogP contribution in [0.25, 0.3) is 0 Å². The van der Waals surface area contributed by atoms with Crippen LogP contribution in [0, 0.1) is 41.4 Å². The van der Waals surface area contributed by atoms with Crippen molar-refractivity contribution in [3.8, 4) is 0 Å². The van der Waals surface area contributed by atoms with Gasteiger partial charge in [0.05, 0.1) is 29.7 Å². The molecule has 7 rings (SSSR count). The van der Waals surface area contributed by atoms with Gasteiger partial charge >= 0.3 is 5.97 Å². The number of allylic oxidation sites excluding steroid dienone is 2. The molecule has 1 N–H and O–H groups in total. The highest BCUT2D eigenvalue weighted by molar-refractivity contribution is 6.23. The number of hydrogen-bond donors (Lipinski definition) is 1. The van der Waals surface area contributed by atoms with Crippen LogP contribution in [0.2, 0.25) is 0 Å². The van der Waals surface area contributed by atoms with E-state index in [0.29, 0.717) is 40.9 Å². The number of imide groups is 1. The van der Waals surface area contributed by atoms with E-state index in [1.165, 1.54) is 4.90 Å². The molecule has 36 heavy (non-hydrogen) atoms. The molecule has 2 aromatic carbocycles. The predicted octanol–water partition coefficient (Wildman–Crippen LogP) is 4.31. The Hall–Kier alpha value is -3.74. The summed E-state index contributed by atoms with van der Waals surface area (Å²) in [6, 6.07) is 13.1. The fourth-order valence-corrected chi connectivity index (χ4v) is 6.22. The fraction of sp³-hybridized carbons (Fsp3) is 0.379. The Morgan fingerprint density at radius 3 is 2.19 bits per heavy atom. The maximum absolute atomic E-state index is 13.4. The van der Waals surface area contributed by atoms with E-state index in [0.717, 1.165) is 6.42 Å². The minimum Gasteiger partial charge on any atom is -0.462 e. The number of esters is 1. The number of ether oxygens (including phenoxy) is 1. The molecule has 184 valence electrons. The Morgan fingerprint density at radius 1 is 0.944 bits per heavy atom. The SMILES string of the molecule is CC(C)COC(=O)c1ccc(NC(=O)c2cccc(N3C(=O)[C@H]4[C@@H]5C=C[C@H]([C@H]6C[C@H]56)[C@@H]4C3=O)c2)cc1. The van der Waals surface area contributed by atoms with E-state index >= 15 is 0 Å². The minimum absolute atomic E-state index is 0.146. The molecule has 6 atom stereocenters. The van der Waals surface area contributed by atoms with Crippen molar-refractivity contribution in [1.29, 1.82) is 0 Å². The van der Waals surface area contributed by atoms with E-state index in [1.807, 2.05) is 13.8 Å². The van der Waals surface area contributed by atoms with Crippen LogP contribution in [-0.4, -0.2) is 30.3 Å². The summed E-state index contributed by atoms with van der Waals surface area (Å²) in [6.45, 7) is 4.27. The number of nitrogens with one attached hydrogen (secondary N) is 1. The molecule has 2 bridgehead atoms. The van der Waals surface area contributed by atoms with Gasteiger partial charge in [0.15, 0.2) is 0 Å². The van der Waals surface area contributed by atoms with Gasteiger partial charge in [-0.1, -0.05) is 32.1 Å². The molecule has 7 heteroatoms. The van der Waals surface area contributed by atoms with Crippen LogP contribution in [0.4, 0.5) is 11.4 Å². The van der Waals surface area contributed by atoms with E-state index in [2.05, 4.69) is 17.5 Å². The highest BCUT2D eigenvalue weighted by Gasteiger charge is 2.67. The van der Waals surface area contributed by atoms with Crippen molar-refractivity contribution in [1.82, 2.24) is 0 Å². The lowest BCUT2D eigenvalue weighted by molar-refractivity contribution is -0.124. The molecule has 5 aliphatic rings. The first-order valence-corrected chi connectivity index (χ1v) is 12.6. The molecule has 0 aromatic heterocycles. The number of rotatable bonds is 6. The van der Waals surface area contributed by atoms with Crippen molar-refractivity contribution in [3.63, 3.8) is 0 Å². The lowest BCUT2D eigenvalue weighted by Gasteiger charge is -2.37. The second-order valence-electron chi connectivity index (χ2n) is 10.7. The third-order valence-corrected chi connectivity index (χ3v) is 7.96. The smallest absolute Gasteiger partial charge is 0.338 e. The van der Waals surface area contributed by atoms with Crippen LogP contribution in [0.3, 0.4) is 0 Å². The topological polar surface area (TPSA) is 92.8 Å². The molecule has 0 unspecified atom stereocenters. The second kappa shape index (κ2) is 8.43. The van der Waals surface area contributed by atoms with Gasteiger partial charge in [-0.2, -0.15) is 0 Å². The van der Waals surface area contributed by atoms with Crippen LogP contribution in [0.15, 0.2) is 60.7 Å². The number of hydrogen-bond acceptors (Lipinski definition) is 5. The number of benzene rings is 2. The Morgan fingerprint density at radius 2 is 1.58 bits per heavy atom. The average Bonchev–Trinajstić information content (AvgIpc) is 3.66. The Labute approximate surface area is 209 Å². The summed E-state index contributed by atoms with van der Waals surface area (Å²) >= 11 is 0. The summed E-state index contributed by atoms with van der Waals surface area (Å²) in [6.07, 6.45) is 5.41. The summed E-state index contributed by atoms with van der Waals surface area (Å²) in [5.41, 5.74) is 1.70.